The maximum atomic E-state index is 14.6. The Morgan fingerprint density at radius 2 is 1.40 bits per heavy atom. The predicted octanol–water partition coefficient (Wildman–Crippen LogP) is 6.36. The molecule has 0 saturated carbocycles. The fourth-order valence-corrected chi connectivity index (χ4v) is 3.22. The first-order chi connectivity index (χ1) is 14.4. The molecule has 2 aromatic carbocycles. The number of aryl methyl sites for hydroxylation is 1. The Morgan fingerprint density at radius 1 is 0.800 bits per heavy atom. The molecule has 0 spiro atoms. The number of hydrogen-bond donors (Lipinski definition) is 0. The first-order valence-electron chi connectivity index (χ1n) is 9.64. The summed E-state index contributed by atoms with van der Waals surface area (Å²) >= 11 is 0. The van der Waals surface area contributed by atoms with E-state index in [0.717, 1.165) is 37.8 Å². The molecule has 1 aromatic heterocycles. The second kappa shape index (κ2) is 9.49. The van der Waals surface area contributed by atoms with Gasteiger partial charge in [0.15, 0.2) is 5.82 Å². The summed E-state index contributed by atoms with van der Waals surface area (Å²) in [7, 11) is 0. The van der Waals surface area contributed by atoms with Gasteiger partial charge >= 0.3 is 0 Å². The Morgan fingerprint density at radius 3 is 1.93 bits per heavy atom. The average Bonchev–Trinajstić information content (AvgIpc) is 2.71. The van der Waals surface area contributed by atoms with Crippen LogP contribution in [0.4, 0.5) is 17.6 Å². The zero-order chi connectivity index (χ0) is 21.7. The van der Waals surface area contributed by atoms with E-state index in [4.69, 9.17) is 5.26 Å². The van der Waals surface area contributed by atoms with E-state index in [1.54, 1.807) is 0 Å². The van der Waals surface area contributed by atoms with Crippen molar-refractivity contribution in [2.45, 2.75) is 39.0 Å². The van der Waals surface area contributed by atoms with Crippen molar-refractivity contribution in [2.24, 2.45) is 0 Å². The van der Waals surface area contributed by atoms with Crippen molar-refractivity contribution in [3.63, 3.8) is 0 Å². The van der Waals surface area contributed by atoms with Crippen LogP contribution in [0.15, 0.2) is 36.7 Å². The van der Waals surface area contributed by atoms with Gasteiger partial charge in [0.2, 0.25) is 0 Å². The molecule has 30 heavy (non-hydrogen) atoms. The van der Waals surface area contributed by atoms with Crippen molar-refractivity contribution in [2.75, 3.05) is 0 Å². The maximum absolute atomic E-state index is 14.6. The highest BCUT2D eigenvalue weighted by Crippen LogP contribution is 2.28. The highest BCUT2D eigenvalue weighted by molar-refractivity contribution is 5.65. The molecular weight excluding hydrogens is 394 g/mol. The molecule has 0 atom stereocenters. The van der Waals surface area contributed by atoms with Crippen LogP contribution in [-0.2, 0) is 6.42 Å². The molecule has 154 valence electrons. The molecule has 0 aliphatic carbocycles. The molecule has 3 rings (SSSR count). The molecule has 0 fully saturated rings. The van der Waals surface area contributed by atoms with E-state index in [2.05, 4.69) is 16.9 Å². The second-order valence-electron chi connectivity index (χ2n) is 6.97. The number of hydrogen-bond acceptors (Lipinski definition) is 3. The molecule has 1 heterocycles. The first kappa shape index (κ1) is 21.4. The van der Waals surface area contributed by atoms with Crippen molar-refractivity contribution in [3.05, 3.63) is 71.1 Å². The van der Waals surface area contributed by atoms with Crippen LogP contribution in [0.3, 0.4) is 0 Å². The topological polar surface area (TPSA) is 49.6 Å². The summed E-state index contributed by atoms with van der Waals surface area (Å²) in [5, 5.41) is 8.73. The molecule has 3 nitrogen and oxygen atoms in total. The van der Waals surface area contributed by atoms with E-state index >= 15 is 0 Å². The van der Waals surface area contributed by atoms with Crippen molar-refractivity contribution in [1.29, 1.82) is 5.26 Å². The summed E-state index contributed by atoms with van der Waals surface area (Å²) in [5.41, 5.74) is -0.240. The summed E-state index contributed by atoms with van der Waals surface area (Å²) < 4.78 is 56.7. The van der Waals surface area contributed by atoms with Gasteiger partial charge in [-0.25, -0.2) is 27.5 Å². The van der Waals surface area contributed by atoms with Crippen LogP contribution in [0.1, 0.15) is 43.7 Å². The summed E-state index contributed by atoms with van der Waals surface area (Å²) in [4.78, 5) is 7.95. The number of benzene rings is 2. The van der Waals surface area contributed by atoms with Crippen LogP contribution in [0.5, 0.6) is 0 Å². The molecule has 0 aliphatic rings. The van der Waals surface area contributed by atoms with Gasteiger partial charge in [0, 0.05) is 23.5 Å². The van der Waals surface area contributed by atoms with Gasteiger partial charge in [0.05, 0.1) is 5.56 Å². The molecule has 3 aromatic rings. The Balaban J connectivity index is 1.85. The zero-order valence-electron chi connectivity index (χ0n) is 16.4. The van der Waals surface area contributed by atoms with E-state index in [-0.39, 0.29) is 22.5 Å². The van der Waals surface area contributed by atoms with E-state index in [0.29, 0.717) is 12.0 Å². The molecule has 0 radical (unpaired) electrons. The lowest BCUT2D eigenvalue weighted by Crippen LogP contribution is -1.98. The Labute approximate surface area is 172 Å². The minimum absolute atomic E-state index is 0.0129. The van der Waals surface area contributed by atoms with Crippen LogP contribution < -0.4 is 0 Å². The van der Waals surface area contributed by atoms with Crippen LogP contribution >= 0.6 is 0 Å². The van der Waals surface area contributed by atoms with E-state index < -0.39 is 28.8 Å². The van der Waals surface area contributed by atoms with Gasteiger partial charge in [-0.2, -0.15) is 5.26 Å². The molecule has 0 bridgehead atoms. The van der Waals surface area contributed by atoms with Crippen LogP contribution in [0.2, 0.25) is 0 Å². The Kier molecular flexibility index (Phi) is 6.78. The molecule has 0 saturated heterocycles. The quantitative estimate of drug-likeness (QED) is 0.334. The largest absolute Gasteiger partial charge is 0.236 e. The molecule has 7 heteroatoms. The second-order valence-corrected chi connectivity index (χ2v) is 6.97. The maximum Gasteiger partial charge on any atom is 0.159 e. The molecule has 0 N–H and O–H groups in total. The molecular formula is C23H19F4N3. The fraction of sp³-hybridized carbons (Fsp3) is 0.261. The van der Waals surface area contributed by atoms with Crippen molar-refractivity contribution in [3.8, 4) is 28.6 Å². The zero-order valence-corrected chi connectivity index (χ0v) is 16.4. The SMILES string of the molecule is CCCCCCc1cc(F)c(-c2cnc(-c3cc(F)c(C#N)c(F)c3)nc2)c(F)c1. The van der Waals surface area contributed by atoms with Gasteiger partial charge in [0.1, 0.15) is 34.9 Å². The summed E-state index contributed by atoms with van der Waals surface area (Å²) in [6.45, 7) is 2.09. The number of halogens is 4. The predicted molar refractivity (Wildman–Crippen MR) is 105 cm³/mol. The van der Waals surface area contributed by atoms with Crippen molar-refractivity contribution in [1.82, 2.24) is 9.97 Å². The normalized spacial score (nSPS) is 10.8. The number of unbranched alkanes of at least 4 members (excludes halogenated alkanes) is 3. The Hall–Kier alpha value is -3.27. The summed E-state index contributed by atoms with van der Waals surface area (Å²) in [6.07, 6.45) is 7.02. The average molecular weight is 413 g/mol. The summed E-state index contributed by atoms with van der Waals surface area (Å²) in [6, 6.07) is 5.92. The van der Waals surface area contributed by atoms with E-state index in [1.165, 1.54) is 30.6 Å². The third-order valence-electron chi connectivity index (χ3n) is 4.77. The number of rotatable bonds is 7. The number of aromatic nitrogens is 2. The lowest BCUT2D eigenvalue weighted by Gasteiger charge is -2.09. The minimum Gasteiger partial charge on any atom is -0.236 e. The minimum atomic E-state index is -1.04. The van der Waals surface area contributed by atoms with Crippen LogP contribution in [0, 0.1) is 34.6 Å². The lowest BCUT2D eigenvalue weighted by molar-refractivity contribution is 0.577. The smallest absolute Gasteiger partial charge is 0.159 e. The van der Waals surface area contributed by atoms with Gasteiger partial charge < -0.3 is 0 Å². The van der Waals surface area contributed by atoms with Crippen molar-refractivity contribution < 1.29 is 17.6 Å². The summed E-state index contributed by atoms with van der Waals surface area (Å²) in [5.74, 6) is -3.53. The van der Waals surface area contributed by atoms with E-state index in [1.807, 2.05) is 0 Å². The number of nitriles is 1. The monoisotopic (exact) mass is 413 g/mol. The van der Waals surface area contributed by atoms with Gasteiger partial charge in [-0.05, 0) is 42.7 Å². The van der Waals surface area contributed by atoms with Crippen molar-refractivity contribution >= 4 is 0 Å². The van der Waals surface area contributed by atoms with Gasteiger partial charge in [0.25, 0.3) is 0 Å². The van der Waals surface area contributed by atoms with Crippen LogP contribution in [0.25, 0.3) is 22.5 Å². The number of nitrogens with zero attached hydrogens (tertiary/aromatic N) is 3. The van der Waals surface area contributed by atoms with Crippen LogP contribution in [-0.4, -0.2) is 9.97 Å². The van der Waals surface area contributed by atoms with Gasteiger partial charge in [-0.15, -0.1) is 0 Å². The lowest BCUT2D eigenvalue weighted by atomic mass is 10.0. The molecule has 0 aliphatic heterocycles. The molecule has 0 amide bonds. The van der Waals surface area contributed by atoms with E-state index in [9.17, 15) is 17.6 Å². The van der Waals surface area contributed by atoms with Gasteiger partial charge in [-0.3, -0.25) is 0 Å². The fourth-order valence-electron chi connectivity index (χ4n) is 3.22. The highest BCUT2D eigenvalue weighted by Gasteiger charge is 2.16. The molecule has 0 unspecified atom stereocenters. The Bertz CT molecular complexity index is 1040. The first-order valence-corrected chi connectivity index (χ1v) is 9.64. The third-order valence-corrected chi connectivity index (χ3v) is 4.77. The standard InChI is InChI=1S/C23H19F4N3/c1-2-3-4-5-6-14-7-20(26)22(21(27)8-14)16-12-29-23(30-13-16)15-9-18(24)17(11-28)19(25)10-15/h7-10,12-13H,2-6H2,1H3. The third kappa shape index (κ3) is 4.65. The van der Waals surface area contributed by atoms with Gasteiger partial charge in [-0.1, -0.05) is 26.2 Å². The highest BCUT2D eigenvalue weighted by atomic mass is 19.1.